The fraction of sp³-hybridized carbons (Fsp3) is 0.250. The average molecular weight is 397 g/mol. The fourth-order valence-corrected chi connectivity index (χ4v) is 2.34. The smallest absolute Gasteiger partial charge is 0.327 e. The largest absolute Gasteiger partial charge is 0.455 e. The van der Waals surface area contributed by atoms with Crippen molar-refractivity contribution in [2.45, 2.75) is 20.8 Å². The Kier molecular flexibility index (Phi) is 4.76. The Morgan fingerprint density at radius 3 is 2.79 bits per heavy atom. The van der Waals surface area contributed by atoms with Gasteiger partial charge in [-0.15, -0.1) is 0 Å². The number of pyridine rings is 2. The molecule has 9 heteroatoms. The van der Waals surface area contributed by atoms with Crippen LogP contribution in [0.1, 0.15) is 23.7 Å². The van der Waals surface area contributed by atoms with E-state index in [1.54, 1.807) is 45.0 Å². The highest BCUT2D eigenvalue weighted by Gasteiger charge is 2.13. The molecule has 0 aromatic carbocycles. The normalized spacial score (nSPS) is 12.6. The molecule has 0 unspecified atom stereocenters. The first-order valence-corrected chi connectivity index (χ1v) is 8.82. The van der Waals surface area contributed by atoms with Crippen molar-refractivity contribution in [2.24, 2.45) is 12.9 Å². The number of hydrogen-bond donors (Lipinski definition) is 2. The minimum absolute atomic E-state index is 0.261. The van der Waals surface area contributed by atoms with Crippen molar-refractivity contribution in [3.8, 4) is 22.8 Å². The van der Waals surface area contributed by atoms with E-state index in [9.17, 15) is 9.59 Å². The van der Waals surface area contributed by atoms with Gasteiger partial charge < -0.3 is 4.74 Å². The molecule has 0 bridgehead atoms. The van der Waals surface area contributed by atoms with E-state index in [4.69, 9.17) is 8.85 Å². The van der Waals surface area contributed by atoms with Crippen LogP contribution in [0.25, 0.3) is 11.3 Å². The summed E-state index contributed by atoms with van der Waals surface area (Å²) < 4.78 is 29.0. The van der Waals surface area contributed by atoms with Crippen molar-refractivity contribution in [1.82, 2.24) is 25.1 Å². The zero-order valence-electron chi connectivity index (χ0n) is 19.1. The van der Waals surface area contributed by atoms with Crippen LogP contribution in [0.3, 0.4) is 0 Å². The van der Waals surface area contributed by atoms with Gasteiger partial charge >= 0.3 is 6.03 Å². The average Bonchev–Trinajstić information content (AvgIpc) is 3.21. The van der Waals surface area contributed by atoms with E-state index in [2.05, 4.69) is 25.7 Å². The van der Waals surface area contributed by atoms with Gasteiger partial charge in [-0.25, -0.2) is 9.78 Å². The van der Waals surface area contributed by atoms with Crippen LogP contribution in [0.5, 0.6) is 11.5 Å². The van der Waals surface area contributed by atoms with Crippen LogP contribution in [0.2, 0.25) is 0 Å². The van der Waals surface area contributed by atoms with Gasteiger partial charge in [-0.1, -0.05) is 13.8 Å². The molecule has 0 saturated heterocycles. The first kappa shape index (κ1) is 16.2. The maximum absolute atomic E-state index is 11.9. The molecular weight excluding hydrogens is 372 g/mol. The van der Waals surface area contributed by atoms with Crippen molar-refractivity contribution >= 4 is 17.8 Å². The Hall–Kier alpha value is -3.75. The number of nitrogens with one attached hydrogen (secondary N) is 2. The summed E-state index contributed by atoms with van der Waals surface area (Å²) in [5, 5.41) is 8.58. The Balaban J connectivity index is 1.71. The zero-order valence-corrected chi connectivity index (χ0v) is 16.1. The number of urea groups is 1. The second-order valence-electron chi connectivity index (χ2n) is 6.53. The predicted molar refractivity (Wildman–Crippen MR) is 107 cm³/mol. The lowest BCUT2D eigenvalue weighted by molar-refractivity contribution is -0.122. The molecule has 3 aromatic heterocycles. The molecule has 0 aliphatic heterocycles. The van der Waals surface area contributed by atoms with Crippen LogP contribution < -0.4 is 15.4 Å². The lowest BCUT2D eigenvalue weighted by atomic mass is 10.2. The second kappa shape index (κ2) is 8.51. The first-order valence-electron chi connectivity index (χ1n) is 10.3. The van der Waals surface area contributed by atoms with Crippen LogP contribution in [0.4, 0.5) is 10.6 Å². The predicted octanol–water partition coefficient (Wildman–Crippen LogP) is 3.28. The summed E-state index contributed by atoms with van der Waals surface area (Å²) in [4.78, 5) is 32.0. The number of carbonyl (C=O) groups is 2. The summed E-state index contributed by atoms with van der Waals surface area (Å²) in [6, 6.07) is 5.81. The number of anilines is 1. The van der Waals surface area contributed by atoms with E-state index >= 15 is 0 Å². The summed E-state index contributed by atoms with van der Waals surface area (Å²) in [5.74, 6) is 0.458. The number of nitrogens with zero attached hydrogens (tertiary/aromatic N) is 4. The summed E-state index contributed by atoms with van der Waals surface area (Å²) in [6.07, 6.45) is 4.34. The molecule has 0 fully saturated rings. The summed E-state index contributed by atoms with van der Waals surface area (Å²) in [7, 11) is 0. The van der Waals surface area contributed by atoms with Crippen LogP contribution >= 0.6 is 0 Å². The molecule has 150 valence electrons. The van der Waals surface area contributed by atoms with Crippen LogP contribution in [0, 0.1) is 12.8 Å². The monoisotopic (exact) mass is 397 g/mol. The Morgan fingerprint density at radius 1 is 1.28 bits per heavy atom. The lowest BCUT2D eigenvalue weighted by Crippen LogP contribution is -2.37. The quantitative estimate of drug-likeness (QED) is 0.683. The number of carbonyl (C=O) groups excluding carboxylic acids is 2. The molecule has 0 spiro atoms. The molecule has 0 saturated carbocycles. The zero-order chi connectivity index (χ0) is 23.5. The summed E-state index contributed by atoms with van der Waals surface area (Å²) in [5.41, 5.74) is 1.53. The molecule has 3 rings (SSSR count). The number of imide groups is 1. The van der Waals surface area contributed by atoms with Crippen LogP contribution in [0.15, 0.2) is 42.9 Å². The van der Waals surface area contributed by atoms with Crippen molar-refractivity contribution < 1.29 is 18.4 Å². The third kappa shape index (κ3) is 5.16. The van der Waals surface area contributed by atoms with Gasteiger partial charge in [0.05, 0.1) is 17.6 Å². The fourth-order valence-electron chi connectivity index (χ4n) is 2.34. The van der Waals surface area contributed by atoms with Crippen molar-refractivity contribution in [3.63, 3.8) is 0 Å². The number of hydrogen-bond acceptors (Lipinski definition) is 6. The topological polar surface area (TPSA) is 111 Å². The van der Waals surface area contributed by atoms with Crippen molar-refractivity contribution in [3.05, 3.63) is 48.5 Å². The van der Waals surface area contributed by atoms with E-state index in [1.807, 2.05) is 0 Å². The number of aromatic nitrogens is 4. The highest BCUT2D eigenvalue weighted by Crippen LogP contribution is 2.27. The van der Waals surface area contributed by atoms with Crippen LogP contribution in [-0.4, -0.2) is 31.7 Å². The third-order valence-electron chi connectivity index (χ3n) is 3.88. The third-order valence-corrected chi connectivity index (χ3v) is 3.88. The Labute approximate surface area is 172 Å². The molecule has 0 aliphatic carbocycles. The SMILES string of the molecule is [2H]C([2H])([2H])n1cc(-c2cc(Oc3ccc(NC(=O)NC(=O)C(C)C)nc3C)ccn2)cn1. The Morgan fingerprint density at radius 2 is 2.10 bits per heavy atom. The molecule has 29 heavy (non-hydrogen) atoms. The first-order chi connectivity index (χ1) is 15.0. The molecule has 0 atom stereocenters. The van der Waals surface area contributed by atoms with Gasteiger partial charge in [0.25, 0.3) is 0 Å². The van der Waals surface area contributed by atoms with Crippen molar-refractivity contribution in [1.29, 1.82) is 0 Å². The summed E-state index contributed by atoms with van der Waals surface area (Å²) in [6.45, 7) is 2.70. The van der Waals surface area contributed by atoms with Gasteiger partial charge in [0.1, 0.15) is 17.3 Å². The minimum atomic E-state index is -2.37. The van der Waals surface area contributed by atoms with Gasteiger partial charge in [-0.3, -0.25) is 25.1 Å². The maximum atomic E-state index is 11.9. The number of aryl methyl sites for hydroxylation is 2. The van der Waals surface area contributed by atoms with Gasteiger partial charge in [-0.05, 0) is 25.1 Å². The van der Waals surface area contributed by atoms with Crippen molar-refractivity contribution in [2.75, 3.05) is 5.32 Å². The molecule has 0 aliphatic rings. The number of amides is 3. The van der Waals surface area contributed by atoms with E-state index < -0.39 is 18.9 Å². The molecule has 3 amide bonds. The minimum Gasteiger partial charge on any atom is -0.455 e. The van der Waals surface area contributed by atoms with Gasteiger partial charge in [0, 0.05) is 41.0 Å². The van der Waals surface area contributed by atoms with E-state index in [0.717, 1.165) is 4.68 Å². The highest BCUT2D eigenvalue weighted by atomic mass is 16.5. The second-order valence-corrected chi connectivity index (χ2v) is 6.53. The maximum Gasteiger partial charge on any atom is 0.327 e. The molecule has 0 radical (unpaired) electrons. The standard InChI is InChI=1S/C20H22N6O3/c1-12(2)19(27)25-20(28)24-18-6-5-17(13(3)23-18)29-15-7-8-21-16(9-15)14-10-22-26(4)11-14/h5-12H,1-4H3,(H2,23,24,25,27,28)/i4D3. The molecule has 3 aromatic rings. The molecule has 2 N–H and O–H groups in total. The molecular formula is C20H22N6O3. The highest BCUT2D eigenvalue weighted by molar-refractivity contribution is 6.01. The van der Waals surface area contributed by atoms with Gasteiger partial charge in [0.15, 0.2) is 0 Å². The van der Waals surface area contributed by atoms with E-state index in [0.29, 0.717) is 28.5 Å². The molecule has 9 nitrogen and oxygen atoms in total. The van der Waals surface area contributed by atoms with Crippen LogP contribution in [-0.2, 0) is 11.8 Å². The summed E-state index contributed by atoms with van der Waals surface area (Å²) >= 11 is 0. The Bertz CT molecular complexity index is 1140. The van der Waals surface area contributed by atoms with E-state index in [1.165, 1.54) is 18.6 Å². The van der Waals surface area contributed by atoms with Gasteiger partial charge in [-0.2, -0.15) is 5.10 Å². The lowest BCUT2D eigenvalue weighted by Gasteiger charge is -2.11. The van der Waals surface area contributed by atoms with Gasteiger partial charge in [0.2, 0.25) is 5.91 Å². The van der Waals surface area contributed by atoms with E-state index in [-0.39, 0.29) is 11.7 Å². The molecule has 3 heterocycles. The number of ether oxygens (including phenoxy) is 1. The number of rotatable bonds is 5.